The third kappa shape index (κ3) is 5.97. The highest BCUT2D eigenvalue weighted by molar-refractivity contribution is 9.10. The van der Waals surface area contributed by atoms with E-state index < -0.39 is 6.04 Å². The Morgan fingerprint density at radius 3 is 2.39 bits per heavy atom. The Bertz CT molecular complexity index is 1440. The molecule has 0 aliphatic carbocycles. The third-order valence-corrected chi connectivity index (χ3v) is 6.90. The van der Waals surface area contributed by atoms with Gasteiger partial charge in [0.05, 0.1) is 29.2 Å². The zero-order chi connectivity index (χ0) is 27.1. The highest BCUT2D eigenvalue weighted by Gasteiger charge is 2.29. The van der Waals surface area contributed by atoms with E-state index in [-0.39, 0.29) is 11.5 Å². The SMILES string of the molecule is CCOc1ccc(-n2c(C(CC)N(CCCOC)C(=O)c3ccc(Br)cc3)nc3ccccc3c2=O)cc1. The average molecular weight is 579 g/mol. The Labute approximate surface area is 231 Å². The van der Waals surface area contributed by atoms with Crippen LogP contribution in [0.4, 0.5) is 0 Å². The number of hydrogen-bond donors (Lipinski definition) is 0. The Balaban J connectivity index is 1.89. The maximum absolute atomic E-state index is 13.9. The molecule has 0 saturated heterocycles. The lowest BCUT2D eigenvalue weighted by Gasteiger charge is -2.32. The minimum absolute atomic E-state index is 0.124. The van der Waals surface area contributed by atoms with E-state index in [1.807, 2.05) is 73.3 Å². The van der Waals surface area contributed by atoms with Gasteiger partial charge in [-0.3, -0.25) is 14.2 Å². The first-order valence-electron chi connectivity index (χ1n) is 12.8. The molecule has 1 heterocycles. The number of fused-ring (bicyclic) bond motifs is 1. The Kier molecular flexibility index (Phi) is 9.31. The molecule has 0 spiro atoms. The van der Waals surface area contributed by atoms with Crippen molar-refractivity contribution < 1.29 is 14.3 Å². The number of rotatable bonds is 11. The Morgan fingerprint density at radius 2 is 1.74 bits per heavy atom. The van der Waals surface area contributed by atoms with Crippen molar-refractivity contribution in [3.8, 4) is 11.4 Å². The van der Waals surface area contributed by atoms with Gasteiger partial charge in [0, 0.05) is 30.3 Å². The number of aromatic nitrogens is 2. The van der Waals surface area contributed by atoms with Crippen LogP contribution in [0, 0.1) is 0 Å². The van der Waals surface area contributed by atoms with Crippen LogP contribution in [0.5, 0.6) is 5.75 Å². The minimum Gasteiger partial charge on any atom is -0.494 e. The van der Waals surface area contributed by atoms with Crippen LogP contribution >= 0.6 is 15.9 Å². The second kappa shape index (κ2) is 12.8. The van der Waals surface area contributed by atoms with E-state index in [1.54, 1.807) is 29.9 Å². The Hall–Kier alpha value is -3.49. The summed E-state index contributed by atoms with van der Waals surface area (Å²) < 4.78 is 13.4. The molecule has 8 heteroatoms. The molecular formula is C30H32BrN3O4. The van der Waals surface area contributed by atoms with Crippen molar-refractivity contribution in [3.05, 3.63) is 99.0 Å². The van der Waals surface area contributed by atoms with Crippen molar-refractivity contribution in [1.82, 2.24) is 14.5 Å². The van der Waals surface area contributed by atoms with Gasteiger partial charge in [-0.15, -0.1) is 0 Å². The summed E-state index contributed by atoms with van der Waals surface area (Å²) >= 11 is 3.44. The molecule has 1 amide bonds. The van der Waals surface area contributed by atoms with E-state index in [1.165, 1.54) is 0 Å². The smallest absolute Gasteiger partial charge is 0.266 e. The molecule has 0 aliphatic rings. The summed E-state index contributed by atoms with van der Waals surface area (Å²) in [6, 6.07) is 21.6. The molecule has 4 aromatic rings. The zero-order valence-corrected chi connectivity index (χ0v) is 23.5. The zero-order valence-electron chi connectivity index (χ0n) is 21.9. The van der Waals surface area contributed by atoms with Gasteiger partial charge in [0.25, 0.3) is 11.5 Å². The molecule has 4 rings (SSSR count). The fourth-order valence-electron chi connectivity index (χ4n) is 4.56. The lowest BCUT2D eigenvalue weighted by molar-refractivity contribution is 0.0634. The van der Waals surface area contributed by atoms with Crippen molar-refractivity contribution >= 4 is 32.7 Å². The lowest BCUT2D eigenvalue weighted by Crippen LogP contribution is -2.39. The van der Waals surface area contributed by atoms with Gasteiger partial charge in [-0.2, -0.15) is 0 Å². The summed E-state index contributed by atoms with van der Waals surface area (Å²) in [5, 5.41) is 0.519. The van der Waals surface area contributed by atoms with Crippen molar-refractivity contribution in [1.29, 1.82) is 0 Å². The van der Waals surface area contributed by atoms with Crippen LogP contribution in [0.3, 0.4) is 0 Å². The molecule has 198 valence electrons. The molecule has 7 nitrogen and oxygen atoms in total. The van der Waals surface area contributed by atoms with E-state index in [4.69, 9.17) is 14.5 Å². The van der Waals surface area contributed by atoms with E-state index >= 15 is 0 Å². The minimum atomic E-state index is -0.452. The van der Waals surface area contributed by atoms with Crippen molar-refractivity contribution in [2.45, 2.75) is 32.7 Å². The van der Waals surface area contributed by atoms with Crippen LogP contribution < -0.4 is 10.3 Å². The lowest BCUT2D eigenvalue weighted by atomic mass is 10.1. The van der Waals surface area contributed by atoms with Crippen molar-refractivity contribution in [2.24, 2.45) is 0 Å². The number of benzene rings is 3. The summed E-state index contributed by atoms with van der Waals surface area (Å²) in [6.45, 7) is 5.45. The van der Waals surface area contributed by atoms with Crippen LogP contribution in [-0.2, 0) is 4.74 Å². The van der Waals surface area contributed by atoms with Crippen molar-refractivity contribution in [2.75, 3.05) is 26.9 Å². The first kappa shape index (κ1) is 27.5. The number of halogens is 1. The highest BCUT2D eigenvalue weighted by Crippen LogP contribution is 2.28. The molecule has 1 atom stereocenters. The number of carbonyl (C=O) groups excluding carboxylic acids is 1. The topological polar surface area (TPSA) is 73.7 Å². The van der Waals surface area contributed by atoms with Crippen LogP contribution in [0.15, 0.2) is 82.1 Å². The third-order valence-electron chi connectivity index (χ3n) is 6.37. The fourth-order valence-corrected chi connectivity index (χ4v) is 4.82. The molecule has 3 aromatic carbocycles. The molecule has 0 radical (unpaired) electrons. The average Bonchev–Trinajstić information content (AvgIpc) is 2.94. The first-order chi connectivity index (χ1) is 18.5. The standard InChI is InChI=1S/C30H32BrN3O4/c1-4-27(33(19-8-20-37-3)29(35)21-11-13-22(31)14-12-21)28-32-26-10-7-6-9-25(26)30(36)34(28)23-15-17-24(18-16-23)38-5-2/h6-7,9-18,27H,4-5,8,19-20H2,1-3H3. The summed E-state index contributed by atoms with van der Waals surface area (Å²) in [7, 11) is 1.65. The first-order valence-corrected chi connectivity index (χ1v) is 13.6. The highest BCUT2D eigenvalue weighted by atomic mass is 79.9. The van der Waals surface area contributed by atoms with E-state index in [0.29, 0.717) is 60.6 Å². The van der Waals surface area contributed by atoms with Gasteiger partial charge in [0.1, 0.15) is 11.6 Å². The number of methoxy groups -OCH3 is 1. The fraction of sp³-hybridized carbons (Fsp3) is 0.300. The van der Waals surface area contributed by atoms with Crippen LogP contribution in [-0.4, -0.2) is 47.2 Å². The number of para-hydroxylation sites is 1. The normalized spacial score (nSPS) is 11.9. The largest absolute Gasteiger partial charge is 0.494 e. The summed E-state index contributed by atoms with van der Waals surface area (Å²) in [6.07, 6.45) is 1.22. The quantitative estimate of drug-likeness (QED) is 0.199. The molecule has 0 saturated carbocycles. The van der Waals surface area contributed by atoms with E-state index in [0.717, 1.165) is 10.2 Å². The van der Waals surface area contributed by atoms with Crippen LogP contribution in [0.1, 0.15) is 48.9 Å². The number of nitrogens with zero attached hydrogens (tertiary/aromatic N) is 3. The summed E-state index contributed by atoms with van der Waals surface area (Å²) in [4.78, 5) is 34.6. The second-order valence-corrected chi connectivity index (χ2v) is 9.75. The molecule has 0 aliphatic heterocycles. The molecular weight excluding hydrogens is 546 g/mol. The van der Waals surface area contributed by atoms with E-state index in [2.05, 4.69) is 15.9 Å². The maximum atomic E-state index is 13.9. The van der Waals surface area contributed by atoms with Gasteiger partial charge in [-0.1, -0.05) is 35.0 Å². The van der Waals surface area contributed by atoms with Gasteiger partial charge >= 0.3 is 0 Å². The van der Waals surface area contributed by atoms with Crippen LogP contribution in [0.25, 0.3) is 16.6 Å². The molecule has 0 bridgehead atoms. The second-order valence-electron chi connectivity index (χ2n) is 8.83. The monoisotopic (exact) mass is 577 g/mol. The predicted octanol–water partition coefficient (Wildman–Crippen LogP) is 6.18. The number of hydrogen-bond acceptors (Lipinski definition) is 5. The molecule has 0 N–H and O–H groups in total. The Morgan fingerprint density at radius 1 is 1.03 bits per heavy atom. The number of ether oxygens (including phenoxy) is 2. The van der Waals surface area contributed by atoms with Gasteiger partial charge in [-0.25, -0.2) is 4.98 Å². The van der Waals surface area contributed by atoms with Crippen molar-refractivity contribution in [3.63, 3.8) is 0 Å². The van der Waals surface area contributed by atoms with Crippen LogP contribution in [0.2, 0.25) is 0 Å². The maximum Gasteiger partial charge on any atom is 0.266 e. The van der Waals surface area contributed by atoms with Gasteiger partial charge in [0.15, 0.2) is 0 Å². The molecule has 1 aromatic heterocycles. The predicted molar refractivity (Wildman–Crippen MR) is 153 cm³/mol. The number of carbonyl (C=O) groups is 1. The van der Waals surface area contributed by atoms with E-state index in [9.17, 15) is 9.59 Å². The van der Waals surface area contributed by atoms with Gasteiger partial charge in [0.2, 0.25) is 0 Å². The number of amides is 1. The molecule has 38 heavy (non-hydrogen) atoms. The van der Waals surface area contributed by atoms with Gasteiger partial charge in [-0.05, 0) is 80.4 Å². The molecule has 0 fully saturated rings. The van der Waals surface area contributed by atoms with Gasteiger partial charge < -0.3 is 14.4 Å². The summed E-state index contributed by atoms with van der Waals surface area (Å²) in [5.41, 5.74) is 1.65. The molecule has 1 unspecified atom stereocenters. The summed E-state index contributed by atoms with van der Waals surface area (Å²) in [5.74, 6) is 1.11.